The minimum Gasteiger partial charge on any atom is -0.391 e. The smallest absolute Gasteiger partial charge is 0.185 e. The molecule has 1 N–H and O–H groups in total. The third-order valence-electron chi connectivity index (χ3n) is 2.56. The van der Waals surface area contributed by atoms with E-state index in [1.807, 2.05) is 7.05 Å². The lowest BCUT2D eigenvalue weighted by Gasteiger charge is -2.15. The molecule has 3 nitrogen and oxygen atoms in total. The van der Waals surface area contributed by atoms with Gasteiger partial charge in [-0.3, -0.25) is 0 Å². The first kappa shape index (κ1) is 12.1. The standard InChI is InChI=1S/C13H16N2OS/c1-10-3-5-11(6-4-10)8-15(2)13-14-7-12(9-16)17-13/h3-7,16H,8-9H2,1-2H3. The van der Waals surface area contributed by atoms with E-state index in [0.717, 1.165) is 16.6 Å². The van der Waals surface area contributed by atoms with Gasteiger partial charge in [0.2, 0.25) is 0 Å². The van der Waals surface area contributed by atoms with E-state index in [4.69, 9.17) is 5.11 Å². The van der Waals surface area contributed by atoms with Crippen molar-refractivity contribution in [1.82, 2.24) is 4.98 Å². The molecule has 17 heavy (non-hydrogen) atoms. The van der Waals surface area contributed by atoms with Crippen molar-refractivity contribution in [3.8, 4) is 0 Å². The van der Waals surface area contributed by atoms with Gasteiger partial charge in [0.15, 0.2) is 5.13 Å². The Morgan fingerprint density at radius 2 is 2.00 bits per heavy atom. The number of rotatable bonds is 4. The number of hydrogen-bond acceptors (Lipinski definition) is 4. The molecule has 0 saturated carbocycles. The minimum absolute atomic E-state index is 0.0655. The molecule has 1 heterocycles. The Morgan fingerprint density at radius 1 is 1.29 bits per heavy atom. The molecular formula is C13H16N2OS. The van der Waals surface area contributed by atoms with Crippen LogP contribution in [0.1, 0.15) is 16.0 Å². The van der Waals surface area contributed by atoms with Gasteiger partial charge in [0.05, 0.1) is 11.5 Å². The molecule has 1 aromatic heterocycles. The largest absolute Gasteiger partial charge is 0.391 e. The number of benzene rings is 1. The van der Waals surface area contributed by atoms with Crippen LogP contribution >= 0.6 is 11.3 Å². The fourth-order valence-corrected chi connectivity index (χ4v) is 2.31. The van der Waals surface area contributed by atoms with Crippen molar-refractivity contribution in [1.29, 1.82) is 0 Å². The number of aromatic nitrogens is 1. The summed E-state index contributed by atoms with van der Waals surface area (Å²) in [5.41, 5.74) is 2.53. The highest BCUT2D eigenvalue weighted by Gasteiger charge is 2.07. The molecule has 0 bridgehead atoms. The van der Waals surface area contributed by atoms with Gasteiger partial charge in [-0.05, 0) is 12.5 Å². The van der Waals surface area contributed by atoms with Crippen molar-refractivity contribution in [3.05, 3.63) is 46.5 Å². The van der Waals surface area contributed by atoms with Crippen LogP contribution in [0.5, 0.6) is 0 Å². The van der Waals surface area contributed by atoms with Crippen molar-refractivity contribution < 1.29 is 5.11 Å². The highest BCUT2D eigenvalue weighted by atomic mass is 32.1. The molecule has 0 aliphatic carbocycles. The average molecular weight is 248 g/mol. The van der Waals surface area contributed by atoms with Crippen LogP contribution in [0.25, 0.3) is 0 Å². The summed E-state index contributed by atoms with van der Waals surface area (Å²) in [4.78, 5) is 7.28. The van der Waals surface area contributed by atoms with E-state index in [-0.39, 0.29) is 6.61 Å². The summed E-state index contributed by atoms with van der Waals surface area (Å²) in [7, 11) is 2.01. The summed E-state index contributed by atoms with van der Waals surface area (Å²) in [6.45, 7) is 2.98. The maximum absolute atomic E-state index is 9.00. The summed E-state index contributed by atoms with van der Waals surface area (Å²) in [6.07, 6.45) is 1.73. The average Bonchev–Trinajstić information content (AvgIpc) is 2.81. The predicted octanol–water partition coefficient (Wildman–Crippen LogP) is 2.58. The molecule has 0 saturated heterocycles. The van der Waals surface area contributed by atoms with E-state index in [0.29, 0.717) is 0 Å². The summed E-state index contributed by atoms with van der Waals surface area (Å²) >= 11 is 1.53. The fraction of sp³-hybridized carbons (Fsp3) is 0.308. The van der Waals surface area contributed by atoms with E-state index in [1.165, 1.54) is 22.5 Å². The molecule has 0 spiro atoms. The highest BCUT2D eigenvalue weighted by Crippen LogP contribution is 2.22. The van der Waals surface area contributed by atoms with Crippen LogP contribution in [-0.4, -0.2) is 17.1 Å². The van der Waals surface area contributed by atoms with Gasteiger partial charge in [-0.15, -0.1) is 0 Å². The second-order valence-electron chi connectivity index (χ2n) is 4.11. The normalized spacial score (nSPS) is 10.5. The molecule has 0 atom stereocenters. The Hall–Kier alpha value is -1.39. The summed E-state index contributed by atoms with van der Waals surface area (Å²) in [6, 6.07) is 8.49. The van der Waals surface area contributed by atoms with E-state index in [9.17, 15) is 0 Å². The van der Waals surface area contributed by atoms with Crippen molar-refractivity contribution in [2.24, 2.45) is 0 Å². The number of hydrogen-bond donors (Lipinski definition) is 1. The molecule has 0 unspecified atom stereocenters. The Labute approximate surface area is 105 Å². The molecule has 0 amide bonds. The maximum atomic E-state index is 9.00. The predicted molar refractivity (Wildman–Crippen MR) is 71.3 cm³/mol. The Kier molecular flexibility index (Phi) is 3.76. The second kappa shape index (κ2) is 5.29. The van der Waals surface area contributed by atoms with Gasteiger partial charge in [-0.1, -0.05) is 41.2 Å². The maximum Gasteiger partial charge on any atom is 0.185 e. The van der Waals surface area contributed by atoms with Crippen LogP contribution in [-0.2, 0) is 13.2 Å². The van der Waals surface area contributed by atoms with Gasteiger partial charge >= 0.3 is 0 Å². The molecule has 90 valence electrons. The molecule has 1 aromatic carbocycles. The molecule has 0 fully saturated rings. The monoisotopic (exact) mass is 248 g/mol. The van der Waals surface area contributed by atoms with Crippen molar-refractivity contribution in [2.45, 2.75) is 20.1 Å². The summed E-state index contributed by atoms with van der Waals surface area (Å²) < 4.78 is 0. The SMILES string of the molecule is Cc1ccc(CN(C)c2ncc(CO)s2)cc1. The van der Waals surface area contributed by atoms with Gasteiger partial charge in [-0.25, -0.2) is 4.98 Å². The van der Waals surface area contributed by atoms with Crippen LogP contribution in [0.3, 0.4) is 0 Å². The molecule has 0 aliphatic rings. The van der Waals surface area contributed by atoms with Crippen molar-refractivity contribution >= 4 is 16.5 Å². The van der Waals surface area contributed by atoms with Gasteiger partial charge in [0, 0.05) is 19.8 Å². The lowest BCUT2D eigenvalue weighted by molar-refractivity contribution is 0.285. The van der Waals surface area contributed by atoms with Gasteiger partial charge < -0.3 is 10.0 Å². The van der Waals surface area contributed by atoms with E-state index >= 15 is 0 Å². The van der Waals surface area contributed by atoms with Crippen LogP contribution in [0.15, 0.2) is 30.5 Å². The molecule has 0 aliphatic heterocycles. The number of aryl methyl sites for hydroxylation is 1. The number of aliphatic hydroxyl groups is 1. The molecule has 0 radical (unpaired) electrons. The first-order valence-corrected chi connectivity index (χ1v) is 6.33. The summed E-state index contributed by atoms with van der Waals surface area (Å²) in [5, 5.41) is 9.94. The fourth-order valence-electron chi connectivity index (χ4n) is 1.58. The van der Waals surface area contributed by atoms with Crippen LogP contribution in [0.2, 0.25) is 0 Å². The summed E-state index contributed by atoms with van der Waals surface area (Å²) in [5.74, 6) is 0. The van der Waals surface area contributed by atoms with Gasteiger partial charge in [0.1, 0.15) is 0 Å². The first-order chi connectivity index (χ1) is 8.19. The number of nitrogens with zero attached hydrogens (tertiary/aromatic N) is 2. The van der Waals surface area contributed by atoms with E-state index < -0.39 is 0 Å². The van der Waals surface area contributed by atoms with Crippen LogP contribution in [0, 0.1) is 6.92 Å². The Morgan fingerprint density at radius 3 is 2.59 bits per heavy atom. The van der Waals surface area contributed by atoms with Crippen molar-refractivity contribution in [3.63, 3.8) is 0 Å². The van der Waals surface area contributed by atoms with E-state index in [1.54, 1.807) is 6.20 Å². The first-order valence-electron chi connectivity index (χ1n) is 5.51. The molecule has 4 heteroatoms. The third kappa shape index (κ3) is 3.05. The zero-order valence-electron chi connectivity index (χ0n) is 10.1. The quantitative estimate of drug-likeness (QED) is 0.903. The molecular weight excluding hydrogens is 232 g/mol. The Balaban J connectivity index is 2.05. The second-order valence-corrected chi connectivity index (χ2v) is 5.20. The van der Waals surface area contributed by atoms with Gasteiger partial charge in [0.25, 0.3) is 0 Å². The highest BCUT2D eigenvalue weighted by molar-refractivity contribution is 7.15. The van der Waals surface area contributed by atoms with Gasteiger partial charge in [-0.2, -0.15) is 0 Å². The Bertz CT molecular complexity index is 478. The minimum atomic E-state index is 0.0655. The zero-order chi connectivity index (χ0) is 12.3. The zero-order valence-corrected chi connectivity index (χ0v) is 10.9. The lowest BCUT2D eigenvalue weighted by Crippen LogP contribution is -2.15. The molecule has 2 rings (SSSR count). The topological polar surface area (TPSA) is 36.4 Å². The number of thiazole rings is 1. The van der Waals surface area contributed by atoms with Crippen LogP contribution < -0.4 is 4.90 Å². The molecule has 2 aromatic rings. The van der Waals surface area contributed by atoms with E-state index in [2.05, 4.69) is 41.1 Å². The van der Waals surface area contributed by atoms with Crippen LogP contribution in [0.4, 0.5) is 5.13 Å². The van der Waals surface area contributed by atoms with Crippen molar-refractivity contribution in [2.75, 3.05) is 11.9 Å². The number of anilines is 1. The number of aliphatic hydroxyl groups excluding tert-OH is 1. The third-order valence-corrected chi connectivity index (χ3v) is 3.66. The lowest BCUT2D eigenvalue weighted by atomic mass is 10.1.